The van der Waals surface area contributed by atoms with Gasteiger partial charge in [-0.05, 0) is 51.6 Å². The van der Waals surface area contributed by atoms with Gasteiger partial charge in [-0.3, -0.25) is 9.88 Å². The highest BCUT2D eigenvalue weighted by molar-refractivity contribution is 5.17. The molecule has 0 aliphatic carbocycles. The van der Waals surface area contributed by atoms with Gasteiger partial charge in [-0.1, -0.05) is 0 Å². The summed E-state index contributed by atoms with van der Waals surface area (Å²) in [7, 11) is 2.12. The second-order valence-electron chi connectivity index (χ2n) is 6.50. The lowest BCUT2D eigenvalue weighted by Gasteiger charge is -2.21. The van der Waals surface area contributed by atoms with Crippen LogP contribution in [0.3, 0.4) is 0 Å². The van der Waals surface area contributed by atoms with Crippen LogP contribution in [0.15, 0.2) is 41.3 Å². The summed E-state index contributed by atoms with van der Waals surface area (Å²) in [5.74, 6) is 1.02. The van der Waals surface area contributed by atoms with Gasteiger partial charge in [0.25, 0.3) is 0 Å². The van der Waals surface area contributed by atoms with Crippen molar-refractivity contribution in [3.63, 3.8) is 0 Å². The SMILES string of the molecule is CN(Cc1ccncc1)Cc1ccoc1CNC(C)(C)C. The average molecular weight is 287 g/mol. The van der Waals surface area contributed by atoms with Gasteiger partial charge < -0.3 is 9.73 Å². The zero-order valence-electron chi connectivity index (χ0n) is 13.4. The molecule has 0 saturated carbocycles. The van der Waals surface area contributed by atoms with Gasteiger partial charge in [0, 0.05) is 36.6 Å². The van der Waals surface area contributed by atoms with Gasteiger partial charge in [-0.15, -0.1) is 0 Å². The Morgan fingerprint density at radius 1 is 1.14 bits per heavy atom. The Labute approximate surface area is 127 Å². The van der Waals surface area contributed by atoms with E-state index >= 15 is 0 Å². The van der Waals surface area contributed by atoms with Crippen molar-refractivity contribution in [3.8, 4) is 0 Å². The van der Waals surface area contributed by atoms with E-state index in [1.807, 2.05) is 24.5 Å². The Morgan fingerprint density at radius 2 is 1.86 bits per heavy atom. The number of nitrogens with zero attached hydrogens (tertiary/aromatic N) is 2. The van der Waals surface area contributed by atoms with Crippen LogP contribution in [0.25, 0.3) is 0 Å². The fraction of sp³-hybridized carbons (Fsp3) is 0.471. The minimum Gasteiger partial charge on any atom is -0.468 e. The molecule has 114 valence electrons. The van der Waals surface area contributed by atoms with Gasteiger partial charge in [-0.2, -0.15) is 0 Å². The molecule has 0 aliphatic heterocycles. The molecule has 0 aliphatic rings. The fourth-order valence-electron chi connectivity index (χ4n) is 2.16. The second kappa shape index (κ2) is 6.87. The lowest BCUT2D eigenvalue weighted by molar-refractivity contribution is 0.312. The van der Waals surface area contributed by atoms with Crippen molar-refractivity contribution in [1.82, 2.24) is 15.2 Å². The van der Waals surface area contributed by atoms with Gasteiger partial charge in [-0.25, -0.2) is 0 Å². The van der Waals surface area contributed by atoms with Crippen LogP contribution in [0.4, 0.5) is 0 Å². The molecule has 0 amide bonds. The highest BCUT2D eigenvalue weighted by Crippen LogP contribution is 2.15. The van der Waals surface area contributed by atoms with Crippen LogP contribution in [-0.2, 0) is 19.6 Å². The molecule has 0 atom stereocenters. The summed E-state index contributed by atoms with van der Waals surface area (Å²) in [4.78, 5) is 6.33. The summed E-state index contributed by atoms with van der Waals surface area (Å²) in [6.45, 7) is 9.01. The first-order valence-electron chi connectivity index (χ1n) is 7.32. The van der Waals surface area contributed by atoms with E-state index in [1.54, 1.807) is 6.26 Å². The molecule has 0 radical (unpaired) electrons. The molecular weight excluding hydrogens is 262 g/mol. The number of pyridine rings is 1. The minimum absolute atomic E-state index is 0.0903. The Hall–Kier alpha value is -1.65. The Morgan fingerprint density at radius 3 is 2.52 bits per heavy atom. The number of furan rings is 1. The van der Waals surface area contributed by atoms with Gasteiger partial charge in [0.15, 0.2) is 0 Å². The highest BCUT2D eigenvalue weighted by Gasteiger charge is 2.13. The van der Waals surface area contributed by atoms with Crippen molar-refractivity contribution in [2.45, 2.75) is 45.9 Å². The minimum atomic E-state index is 0.0903. The highest BCUT2D eigenvalue weighted by atomic mass is 16.3. The van der Waals surface area contributed by atoms with Crippen LogP contribution in [-0.4, -0.2) is 22.5 Å². The van der Waals surface area contributed by atoms with Crippen molar-refractivity contribution < 1.29 is 4.42 Å². The van der Waals surface area contributed by atoms with Crippen molar-refractivity contribution in [2.24, 2.45) is 0 Å². The molecular formula is C17H25N3O. The number of hydrogen-bond acceptors (Lipinski definition) is 4. The quantitative estimate of drug-likeness (QED) is 0.886. The Bertz CT molecular complexity index is 543. The maximum absolute atomic E-state index is 5.61. The van der Waals surface area contributed by atoms with E-state index in [9.17, 15) is 0 Å². The smallest absolute Gasteiger partial charge is 0.122 e. The zero-order chi connectivity index (χ0) is 15.3. The molecule has 21 heavy (non-hydrogen) atoms. The van der Waals surface area contributed by atoms with Gasteiger partial charge in [0.05, 0.1) is 12.8 Å². The maximum atomic E-state index is 5.61. The summed E-state index contributed by atoms with van der Waals surface area (Å²) in [6.07, 6.45) is 5.44. The first-order chi connectivity index (χ1) is 9.94. The van der Waals surface area contributed by atoms with E-state index in [0.717, 1.165) is 25.4 Å². The number of nitrogens with one attached hydrogen (secondary N) is 1. The van der Waals surface area contributed by atoms with Crippen molar-refractivity contribution in [1.29, 1.82) is 0 Å². The molecule has 2 aromatic rings. The molecule has 2 heterocycles. The van der Waals surface area contributed by atoms with Gasteiger partial charge in [0.1, 0.15) is 5.76 Å². The topological polar surface area (TPSA) is 41.3 Å². The molecule has 2 aromatic heterocycles. The molecule has 0 bridgehead atoms. The first-order valence-corrected chi connectivity index (χ1v) is 7.32. The molecule has 0 fully saturated rings. The number of rotatable bonds is 6. The maximum Gasteiger partial charge on any atom is 0.122 e. The van der Waals surface area contributed by atoms with Crippen LogP contribution in [0.1, 0.15) is 37.7 Å². The molecule has 0 aromatic carbocycles. The molecule has 4 heteroatoms. The summed E-state index contributed by atoms with van der Waals surface area (Å²) in [5.41, 5.74) is 2.60. The Balaban J connectivity index is 1.92. The molecule has 0 saturated heterocycles. The standard InChI is InChI=1S/C17H25N3O/c1-17(2,3)19-11-16-15(7-10-21-16)13-20(4)12-14-5-8-18-9-6-14/h5-10,19H,11-13H2,1-4H3. The van der Waals surface area contributed by atoms with Crippen LogP contribution >= 0.6 is 0 Å². The summed E-state index contributed by atoms with van der Waals surface area (Å²) in [6, 6.07) is 6.16. The second-order valence-corrected chi connectivity index (χ2v) is 6.50. The lowest BCUT2D eigenvalue weighted by Crippen LogP contribution is -2.35. The number of hydrogen-bond donors (Lipinski definition) is 1. The largest absolute Gasteiger partial charge is 0.468 e. The van der Waals surface area contributed by atoms with E-state index in [0.29, 0.717) is 0 Å². The fourth-order valence-corrected chi connectivity index (χ4v) is 2.16. The first kappa shape index (κ1) is 15.7. The van der Waals surface area contributed by atoms with Crippen molar-refractivity contribution in [3.05, 3.63) is 53.7 Å². The lowest BCUT2D eigenvalue weighted by atomic mass is 10.1. The normalized spacial score (nSPS) is 12.0. The van der Waals surface area contributed by atoms with E-state index < -0.39 is 0 Å². The van der Waals surface area contributed by atoms with Crippen LogP contribution in [0, 0.1) is 0 Å². The molecule has 1 N–H and O–H groups in total. The van der Waals surface area contributed by atoms with Crippen LogP contribution < -0.4 is 5.32 Å². The third-order valence-corrected chi connectivity index (χ3v) is 3.26. The summed E-state index contributed by atoms with van der Waals surface area (Å²) in [5, 5.41) is 3.47. The van der Waals surface area contributed by atoms with Crippen LogP contribution in [0.5, 0.6) is 0 Å². The summed E-state index contributed by atoms with van der Waals surface area (Å²) >= 11 is 0. The van der Waals surface area contributed by atoms with E-state index in [-0.39, 0.29) is 5.54 Å². The monoisotopic (exact) mass is 287 g/mol. The summed E-state index contributed by atoms with van der Waals surface area (Å²) < 4.78 is 5.61. The average Bonchev–Trinajstić information content (AvgIpc) is 2.84. The predicted molar refractivity (Wildman–Crippen MR) is 84.7 cm³/mol. The third-order valence-electron chi connectivity index (χ3n) is 3.26. The predicted octanol–water partition coefficient (Wildman–Crippen LogP) is 3.19. The third kappa shape index (κ3) is 5.33. The van der Waals surface area contributed by atoms with Crippen LogP contribution in [0.2, 0.25) is 0 Å². The van der Waals surface area contributed by atoms with E-state index in [1.165, 1.54) is 11.1 Å². The Kier molecular flexibility index (Phi) is 5.15. The van der Waals surface area contributed by atoms with Gasteiger partial charge in [0.2, 0.25) is 0 Å². The zero-order valence-corrected chi connectivity index (χ0v) is 13.4. The van der Waals surface area contributed by atoms with Gasteiger partial charge >= 0.3 is 0 Å². The molecule has 2 rings (SSSR count). The number of aromatic nitrogens is 1. The molecule has 4 nitrogen and oxygen atoms in total. The molecule has 0 spiro atoms. The van der Waals surface area contributed by atoms with E-state index in [2.05, 4.69) is 49.1 Å². The van der Waals surface area contributed by atoms with E-state index in [4.69, 9.17) is 4.42 Å². The van der Waals surface area contributed by atoms with Crippen molar-refractivity contribution >= 4 is 0 Å². The molecule has 0 unspecified atom stereocenters. The van der Waals surface area contributed by atoms with Crippen molar-refractivity contribution in [2.75, 3.05) is 7.05 Å².